The van der Waals surface area contributed by atoms with E-state index < -0.39 is 0 Å². The van der Waals surface area contributed by atoms with Crippen molar-refractivity contribution in [3.05, 3.63) is 48.3 Å². The van der Waals surface area contributed by atoms with Gasteiger partial charge in [-0.3, -0.25) is 0 Å². The van der Waals surface area contributed by atoms with E-state index in [1.807, 2.05) is 23.0 Å². The average Bonchev–Trinajstić information content (AvgIpc) is 3.43. The predicted molar refractivity (Wildman–Crippen MR) is 118 cm³/mol. The Morgan fingerprint density at radius 2 is 2.00 bits per heavy atom. The molecule has 1 aromatic heterocycles. The van der Waals surface area contributed by atoms with E-state index in [1.165, 1.54) is 25.7 Å². The Hall–Kier alpha value is -2.34. The number of nitrogens with zero attached hydrogens (tertiary/aromatic N) is 3. The van der Waals surface area contributed by atoms with Crippen LogP contribution in [0, 0.1) is 5.41 Å². The molecule has 1 aliphatic carbocycles. The summed E-state index contributed by atoms with van der Waals surface area (Å²) in [5, 5.41) is 11.4. The first-order valence-corrected chi connectivity index (χ1v) is 10.9. The van der Waals surface area contributed by atoms with Crippen LogP contribution in [0.5, 0.6) is 0 Å². The number of para-hydroxylation sites is 1. The lowest BCUT2D eigenvalue weighted by atomic mass is 9.83. The fourth-order valence-electron chi connectivity index (χ4n) is 4.13. The minimum atomic E-state index is 0.332. The van der Waals surface area contributed by atoms with Gasteiger partial charge in [0.1, 0.15) is 0 Å². The SMILES string of the molecule is CCNC(=NCc1ccccc1-n1cccn1)NCC1(CCOCC)CCCC1. The molecule has 1 aliphatic rings. The van der Waals surface area contributed by atoms with Gasteiger partial charge in [-0.05, 0) is 56.2 Å². The first kappa shape index (κ1) is 21.4. The third-order valence-electron chi connectivity index (χ3n) is 5.77. The van der Waals surface area contributed by atoms with Crippen LogP contribution in [0.3, 0.4) is 0 Å². The number of aromatic nitrogens is 2. The van der Waals surface area contributed by atoms with Gasteiger partial charge in [0.25, 0.3) is 0 Å². The minimum absolute atomic E-state index is 0.332. The van der Waals surface area contributed by atoms with Crippen LogP contribution in [-0.2, 0) is 11.3 Å². The first-order chi connectivity index (χ1) is 14.3. The molecule has 1 fully saturated rings. The van der Waals surface area contributed by atoms with Crippen molar-refractivity contribution in [2.75, 3.05) is 26.3 Å². The molecule has 3 rings (SSSR count). The Kier molecular flexibility index (Phi) is 8.11. The second kappa shape index (κ2) is 11.0. The maximum Gasteiger partial charge on any atom is 0.191 e. The van der Waals surface area contributed by atoms with Gasteiger partial charge in [-0.15, -0.1) is 0 Å². The molecule has 6 heteroatoms. The van der Waals surface area contributed by atoms with Gasteiger partial charge in [0.15, 0.2) is 5.96 Å². The highest BCUT2D eigenvalue weighted by Gasteiger charge is 2.33. The van der Waals surface area contributed by atoms with Gasteiger partial charge in [-0.1, -0.05) is 31.0 Å². The highest BCUT2D eigenvalue weighted by molar-refractivity contribution is 5.79. The molecule has 2 N–H and O–H groups in total. The molecule has 0 spiro atoms. The summed E-state index contributed by atoms with van der Waals surface area (Å²) < 4.78 is 7.54. The summed E-state index contributed by atoms with van der Waals surface area (Å²) >= 11 is 0. The van der Waals surface area contributed by atoms with Crippen LogP contribution in [0.1, 0.15) is 51.5 Å². The van der Waals surface area contributed by atoms with Crippen molar-refractivity contribution in [2.45, 2.75) is 52.5 Å². The van der Waals surface area contributed by atoms with E-state index in [9.17, 15) is 0 Å². The maximum atomic E-state index is 5.65. The predicted octanol–water partition coefficient (Wildman–Crippen LogP) is 3.91. The van der Waals surface area contributed by atoms with Crippen molar-refractivity contribution >= 4 is 5.96 Å². The van der Waals surface area contributed by atoms with Crippen LogP contribution in [0.4, 0.5) is 0 Å². The average molecular weight is 398 g/mol. The fourth-order valence-corrected chi connectivity index (χ4v) is 4.13. The normalized spacial score (nSPS) is 16.1. The molecule has 0 saturated heterocycles. The smallest absolute Gasteiger partial charge is 0.191 e. The fraction of sp³-hybridized carbons (Fsp3) is 0.565. The highest BCUT2D eigenvalue weighted by Crippen LogP contribution is 2.40. The molecule has 1 heterocycles. The summed E-state index contributed by atoms with van der Waals surface area (Å²) in [6.07, 6.45) is 10.1. The molecule has 0 bridgehead atoms. The van der Waals surface area contributed by atoms with Gasteiger partial charge >= 0.3 is 0 Å². The van der Waals surface area contributed by atoms with Crippen LogP contribution in [0.25, 0.3) is 5.69 Å². The summed E-state index contributed by atoms with van der Waals surface area (Å²) in [7, 11) is 0. The summed E-state index contributed by atoms with van der Waals surface area (Å²) in [6.45, 7) is 8.22. The van der Waals surface area contributed by atoms with Crippen molar-refractivity contribution in [3.63, 3.8) is 0 Å². The van der Waals surface area contributed by atoms with Crippen LogP contribution >= 0.6 is 0 Å². The van der Waals surface area contributed by atoms with Crippen LogP contribution in [-0.4, -0.2) is 42.0 Å². The van der Waals surface area contributed by atoms with Gasteiger partial charge in [0.2, 0.25) is 0 Å². The topological polar surface area (TPSA) is 63.5 Å². The Morgan fingerprint density at radius 1 is 1.17 bits per heavy atom. The largest absolute Gasteiger partial charge is 0.382 e. The van der Waals surface area contributed by atoms with E-state index in [4.69, 9.17) is 9.73 Å². The molecule has 0 radical (unpaired) electrons. The molecule has 6 nitrogen and oxygen atoms in total. The van der Waals surface area contributed by atoms with E-state index in [0.717, 1.165) is 49.9 Å². The number of aliphatic imine (C=N–C) groups is 1. The van der Waals surface area contributed by atoms with Crippen molar-refractivity contribution in [2.24, 2.45) is 10.4 Å². The van der Waals surface area contributed by atoms with E-state index in [1.54, 1.807) is 6.20 Å². The van der Waals surface area contributed by atoms with Gasteiger partial charge < -0.3 is 15.4 Å². The lowest BCUT2D eigenvalue weighted by Gasteiger charge is -2.30. The molecular formula is C23H35N5O. The number of hydrogen-bond donors (Lipinski definition) is 2. The Balaban J connectivity index is 1.66. The summed E-state index contributed by atoms with van der Waals surface area (Å²) in [4.78, 5) is 4.86. The number of nitrogens with one attached hydrogen (secondary N) is 2. The maximum absolute atomic E-state index is 5.65. The molecule has 2 aromatic rings. The second-order valence-corrected chi connectivity index (χ2v) is 7.78. The van der Waals surface area contributed by atoms with E-state index in [0.29, 0.717) is 12.0 Å². The molecule has 0 atom stereocenters. The van der Waals surface area contributed by atoms with Crippen LogP contribution in [0.2, 0.25) is 0 Å². The van der Waals surface area contributed by atoms with E-state index >= 15 is 0 Å². The van der Waals surface area contributed by atoms with Gasteiger partial charge in [-0.25, -0.2) is 9.67 Å². The molecular weight excluding hydrogens is 362 g/mol. The third kappa shape index (κ3) is 6.07. The molecule has 0 amide bonds. The molecule has 1 saturated carbocycles. The summed E-state index contributed by atoms with van der Waals surface area (Å²) in [5.74, 6) is 0.880. The second-order valence-electron chi connectivity index (χ2n) is 7.78. The highest BCUT2D eigenvalue weighted by atomic mass is 16.5. The van der Waals surface area contributed by atoms with E-state index in [-0.39, 0.29) is 0 Å². The Morgan fingerprint density at radius 3 is 2.72 bits per heavy atom. The zero-order valence-electron chi connectivity index (χ0n) is 17.9. The Bertz CT molecular complexity index is 750. The molecule has 29 heavy (non-hydrogen) atoms. The van der Waals surface area contributed by atoms with Crippen molar-refractivity contribution < 1.29 is 4.74 Å². The zero-order chi connectivity index (χ0) is 20.4. The van der Waals surface area contributed by atoms with Gasteiger partial charge in [0, 0.05) is 38.7 Å². The zero-order valence-corrected chi connectivity index (χ0v) is 17.9. The standard InChI is InChI=1S/C23H35N5O/c1-3-24-22(26-19-23(12-7-8-13-23)14-17-29-4-2)25-18-20-10-5-6-11-21(20)28-16-9-15-27-28/h5-6,9-11,15-16H,3-4,7-8,12-14,17-19H2,1-2H3,(H2,24,25,26). The minimum Gasteiger partial charge on any atom is -0.382 e. The summed E-state index contributed by atoms with van der Waals surface area (Å²) in [6, 6.07) is 10.2. The molecule has 0 aliphatic heterocycles. The lowest BCUT2D eigenvalue weighted by molar-refractivity contribution is 0.105. The van der Waals surface area contributed by atoms with E-state index in [2.05, 4.69) is 47.8 Å². The van der Waals surface area contributed by atoms with Crippen molar-refractivity contribution in [1.82, 2.24) is 20.4 Å². The number of benzene rings is 1. The molecule has 1 aromatic carbocycles. The third-order valence-corrected chi connectivity index (χ3v) is 5.77. The number of rotatable bonds is 10. The van der Waals surface area contributed by atoms with Crippen LogP contribution in [0.15, 0.2) is 47.7 Å². The number of hydrogen-bond acceptors (Lipinski definition) is 3. The molecule has 0 unspecified atom stereocenters. The first-order valence-electron chi connectivity index (χ1n) is 10.9. The Labute approximate surface area is 174 Å². The quantitative estimate of drug-likeness (QED) is 0.362. The van der Waals surface area contributed by atoms with Crippen LogP contribution < -0.4 is 10.6 Å². The van der Waals surface area contributed by atoms with Crippen molar-refractivity contribution in [3.8, 4) is 5.69 Å². The summed E-state index contributed by atoms with van der Waals surface area (Å²) in [5.41, 5.74) is 2.56. The number of ether oxygens (including phenoxy) is 1. The van der Waals surface area contributed by atoms with Gasteiger partial charge in [-0.2, -0.15) is 5.10 Å². The number of guanidine groups is 1. The molecule has 158 valence electrons. The van der Waals surface area contributed by atoms with Gasteiger partial charge in [0.05, 0.1) is 12.2 Å². The lowest BCUT2D eigenvalue weighted by Crippen LogP contribution is -2.43. The van der Waals surface area contributed by atoms with Crippen molar-refractivity contribution in [1.29, 1.82) is 0 Å². The monoisotopic (exact) mass is 397 g/mol.